The monoisotopic (exact) mass is 541 g/mol. The number of hydrogen-bond donors (Lipinski definition) is 3. The number of nitrogens with one attached hydrogen (secondary N) is 3. The summed E-state index contributed by atoms with van der Waals surface area (Å²) in [6.45, 7) is 4.13. The molecule has 1 unspecified atom stereocenters. The Kier molecular flexibility index (Phi) is 7.07. The molecule has 2 aromatic heterocycles. The zero-order valence-electron chi connectivity index (χ0n) is 21.3. The third-order valence-electron chi connectivity index (χ3n) is 7.86. The van der Waals surface area contributed by atoms with Crippen molar-refractivity contribution in [2.24, 2.45) is 11.8 Å². The minimum atomic E-state index is -0.0116. The van der Waals surface area contributed by atoms with E-state index in [-0.39, 0.29) is 29.7 Å². The summed E-state index contributed by atoms with van der Waals surface area (Å²) in [4.78, 5) is 28.2. The highest BCUT2D eigenvalue weighted by atomic mass is 32.1. The first-order valence-corrected chi connectivity index (χ1v) is 14.8. The van der Waals surface area contributed by atoms with Crippen LogP contribution in [0.25, 0.3) is 0 Å². The third kappa shape index (κ3) is 5.76. The Bertz CT molecular complexity index is 1210. The molecule has 2 atom stereocenters. The van der Waals surface area contributed by atoms with Crippen molar-refractivity contribution in [3.63, 3.8) is 0 Å². The molecule has 4 aliphatic rings. The van der Waals surface area contributed by atoms with Crippen LogP contribution in [0.3, 0.4) is 0 Å². The van der Waals surface area contributed by atoms with E-state index in [1.54, 1.807) is 11.3 Å². The lowest BCUT2D eigenvalue weighted by Gasteiger charge is -2.26. The molecule has 3 heterocycles. The number of hydrogen-bond acceptors (Lipinski definition) is 6. The van der Waals surface area contributed by atoms with E-state index in [0.717, 1.165) is 79.2 Å². The maximum absolute atomic E-state index is 13.3. The zero-order chi connectivity index (χ0) is 25.5. The zero-order valence-corrected chi connectivity index (χ0v) is 22.9. The molecule has 2 saturated carbocycles. The Hall–Kier alpha value is -2.30. The first kappa shape index (κ1) is 25.0. The number of thiophene rings is 1. The minimum absolute atomic E-state index is 0.0116. The molecule has 3 fully saturated rings. The average Bonchev–Trinajstić information content (AvgIpc) is 3.76. The number of ketones is 1. The molecule has 0 spiro atoms. The number of ether oxygens (including phenoxy) is 1. The van der Waals surface area contributed by atoms with Crippen molar-refractivity contribution in [2.45, 2.75) is 76.8 Å². The van der Waals surface area contributed by atoms with Crippen LogP contribution in [0.15, 0.2) is 6.07 Å². The fourth-order valence-electron chi connectivity index (χ4n) is 5.45. The number of rotatable bonds is 9. The van der Waals surface area contributed by atoms with Gasteiger partial charge in [0.15, 0.2) is 5.11 Å². The van der Waals surface area contributed by atoms with E-state index in [9.17, 15) is 9.59 Å². The third-order valence-corrected chi connectivity index (χ3v) is 9.37. The molecule has 1 amide bonds. The molecular weight excluding hydrogens is 506 g/mol. The van der Waals surface area contributed by atoms with E-state index in [0.29, 0.717) is 24.1 Å². The SMILES string of the molecule is Cc1cc(NC(=S)N[C@H]2CCc3sc(CC(=O)C4CC4)c(C(=O)NCC4CC4)c3C2)n(C2CCOC2)n1. The molecule has 10 heteroatoms. The fourth-order valence-corrected chi connectivity index (χ4v) is 7.08. The van der Waals surface area contributed by atoms with Crippen molar-refractivity contribution in [1.82, 2.24) is 20.4 Å². The van der Waals surface area contributed by atoms with E-state index in [1.807, 2.05) is 17.7 Å². The lowest BCUT2D eigenvalue weighted by molar-refractivity contribution is -0.119. The molecule has 8 nitrogen and oxygen atoms in total. The Balaban J connectivity index is 1.15. The molecule has 2 aromatic rings. The molecule has 198 valence electrons. The smallest absolute Gasteiger partial charge is 0.252 e. The van der Waals surface area contributed by atoms with Gasteiger partial charge in [-0.2, -0.15) is 5.10 Å². The molecule has 0 bridgehead atoms. The Morgan fingerprint density at radius 2 is 2.05 bits per heavy atom. The predicted molar refractivity (Wildman–Crippen MR) is 147 cm³/mol. The van der Waals surface area contributed by atoms with Gasteiger partial charge in [0.25, 0.3) is 5.91 Å². The van der Waals surface area contributed by atoms with E-state index in [4.69, 9.17) is 17.0 Å². The summed E-state index contributed by atoms with van der Waals surface area (Å²) in [7, 11) is 0. The first-order chi connectivity index (χ1) is 17.9. The standard InChI is InChI=1S/C27H35N5O3S2/c1-15-10-24(32(31-15)19-8-9-35-14-19)30-27(36)29-18-6-7-22-20(11-18)25(26(34)28-13-16-2-3-16)23(37-22)12-21(33)17-4-5-17/h10,16-19H,2-9,11-14H2,1H3,(H,28,34)(H2,29,30,36)/t18-,19?/m0/s1. The number of aryl methyl sites for hydroxylation is 2. The number of carbonyl (C=O) groups excluding carboxylic acids is 2. The number of carbonyl (C=O) groups is 2. The van der Waals surface area contributed by atoms with Crippen molar-refractivity contribution in [3.8, 4) is 0 Å². The van der Waals surface area contributed by atoms with Crippen LogP contribution >= 0.6 is 23.6 Å². The summed E-state index contributed by atoms with van der Waals surface area (Å²) in [5, 5.41) is 15.2. The summed E-state index contributed by atoms with van der Waals surface area (Å²) in [6, 6.07) is 2.35. The molecule has 1 saturated heterocycles. The van der Waals surface area contributed by atoms with Gasteiger partial charge in [-0.25, -0.2) is 4.68 Å². The molecule has 6 rings (SSSR count). The second-order valence-electron chi connectivity index (χ2n) is 11.0. The van der Waals surface area contributed by atoms with Gasteiger partial charge in [0.2, 0.25) is 0 Å². The van der Waals surface area contributed by atoms with Gasteiger partial charge in [0, 0.05) is 47.4 Å². The summed E-state index contributed by atoms with van der Waals surface area (Å²) in [5.41, 5.74) is 2.80. The van der Waals surface area contributed by atoms with Crippen molar-refractivity contribution >= 4 is 46.2 Å². The van der Waals surface area contributed by atoms with Gasteiger partial charge in [-0.1, -0.05) is 0 Å². The van der Waals surface area contributed by atoms with Gasteiger partial charge in [0.1, 0.15) is 11.6 Å². The van der Waals surface area contributed by atoms with Gasteiger partial charge in [0.05, 0.1) is 23.9 Å². The summed E-state index contributed by atoms with van der Waals surface area (Å²) >= 11 is 7.38. The van der Waals surface area contributed by atoms with E-state index < -0.39 is 0 Å². The number of fused-ring (bicyclic) bond motifs is 1. The van der Waals surface area contributed by atoms with Gasteiger partial charge in [-0.15, -0.1) is 11.3 Å². The number of aromatic nitrogens is 2. The minimum Gasteiger partial charge on any atom is -0.379 e. The maximum atomic E-state index is 13.3. The van der Waals surface area contributed by atoms with Crippen molar-refractivity contribution in [2.75, 3.05) is 25.1 Å². The lowest BCUT2D eigenvalue weighted by Crippen LogP contribution is -2.41. The fraction of sp³-hybridized carbons (Fsp3) is 0.630. The van der Waals surface area contributed by atoms with Crippen LogP contribution in [-0.2, 0) is 28.8 Å². The molecule has 37 heavy (non-hydrogen) atoms. The highest BCUT2D eigenvalue weighted by molar-refractivity contribution is 7.80. The van der Waals surface area contributed by atoms with E-state index in [2.05, 4.69) is 21.0 Å². The maximum Gasteiger partial charge on any atom is 0.252 e. The van der Waals surface area contributed by atoms with Crippen LogP contribution in [0.5, 0.6) is 0 Å². The van der Waals surface area contributed by atoms with Crippen molar-refractivity contribution < 1.29 is 14.3 Å². The molecule has 3 N–H and O–H groups in total. The molecular formula is C27H35N5O3S2. The van der Waals surface area contributed by atoms with E-state index in [1.165, 1.54) is 17.7 Å². The predicted octanol–water partition coefficient (Wildman–Crippen LogP) is 3.72. The number of nitrogens with zero attached hydrogens (tertiary/aromatic N) is 2. The lowest BCUT2D eigenvalue weighted by atomic mass is 9.90. The Morgan fingerprint density at radius 3 is 2.78 bits per heavy atom. The Labute approximate surface area is 226 Å². The van der Waals surface area contributed by atoms with Crippen LogP contribution in [0.4, 0.5) is 5.82 Å². The highest BCUT2D eigenvalue weighted by Gasteiger charge is 2.34. The highest BCUT2D eigenvalue weighted by Crippen LogP contribution is 2.38. The number of anilines is 1. The number of thiocarbonyl (C=S) groups is 1. The van der Waals surface area contributed by atoms with Crippen LogP contribution in [0.2, 0.25) is 0 Å². The van der Waals surface area contributed by atoms with Gasteiger partial charge >= 0.3 is 0 Å². The van der Waals surface area contributed by atoms with Gasteiger partial charge < -0.3 is 20.7 Å². The van der Waals surface area contributed by atoms with Gasteiger partial charge in [-0.3, -0.25) is 9.59 Å². The number of amides is 1. The normalized spacial score (nSPS) is 22.9. The van der Waals surface area contributed by atoms with Crippen LogP contribution in [-0.4, -0.2) is 52.4 Å². The topological polar surface area (TPSA) is 97.3 Å². The number of Topliss-reactive ketones (excluding diaryl/α,β-unsaturated/α-hetero) is 1. The van der Waals surface area contributed by atoms with Crippen molar-refractivity contribution in [3.05, 3.63) is 32.6 Å². The quantitative estimate of drug-likeness (QED) is 0.417. The van der Waals surface area contributed by atoms with Crippen LogP contribution in [0.1, 0.15) is 75.9 Å². The first-order valence-electron chi connectivity index (χ1n) is 13.6. The van der Waals surface area contributed by atoms with Crippen LogP contribution < -0.4 is 16.0 Å². The van der Waals surface area contributed by atoms with Crippen molar-refractivity contribution in [1.29, 1.82) is 0 Å². The van der Waals surface area contributed by atoms with Crippen LogP contribution in [0, 0.1) is 18.8 Å². The molecule has 0 radical (unpaired) electrons. The van der Waals surface area contributed by atoms with Gasteiger partial charge in [-0.05, 0) is 82.0 Å². The summed E-state index contributed by atoms with van der Waals surface area (Å²) in [6.07, 6.45) is 8.26. The second-order valence-corrected chi connectivity index (χ2v) is 12.6. The average molecular weight is 542 g/mol. The molecule has 3 aliphatic carbocycles. The molecule has 1 aliphatic heterocycles. The largest absolute Gasteiger partial charge is 0.379 e. The second kappa shape index (κ2) is 10.5. The van der Waals surface area contributed by atoms with E-state index >= 15 is 0 Å². The summed E-state index contributed by atoms with van der Waals surface area (Å²) < 4.78 is 7.54. The Morgan fingerprint density at radius 1 is 1.22 bits per heavy atom. The molecule has 0 aromatic carbocycles. The summed E-state index contributed by atoms with van der Waals surface area (Å²) in [5.74, 6) is 1.96.